The maximum absolute atomic E-state index is 10.6. The molecule has 1 aromatic rings. The second kappa shape index (κ2) is 6.36. The van der Waals surface area contributed by atoms with Gasteiger partial charge in [-0.25, -0.2) is 0 Å². The Morgan fingerprint density at radius 1 is 1.47 bits per heavy atom. The van der Waals surface area contributed by atoms with Crippen LogP contribution in [0.5, 0.6) is 11.5 Å². The van der Waals surface area contributed by atoms with Crippen LogP contribution in [-0.4, -0.2) is 36.1 Å². The van der Waals surface area contributed by atoms with Crippen molar-refractivity contribution in [2.24, 2.45) is 5.73 Å². The average molecular weight is 304 g/mol. The quantitative estimate of drug-likeness (QED) is 0.862. The number of benzene rings is 1. The Morgan fingerprint density at radius 3 is 2.95 bits per heavy atom. The van der Waals surface area contributed by atoms with Gasteiger partial charge in [-0.15, -0.1) is 0 Å². The molecule has 0 aliphatic carbocycles. The van der Waals surface area contributed by atoms with Crippen LogP contribution in [0.4, 0.5) is 0 Å². The number of fused-ring (bicyclic) bond motifs is 1. The Balaban J connectivity index is 1.98. The van der Waals surface area contributed by atoms with Gasteiger partial charge >= 0.3 is 5.97 Å². The number of halogens is 1. The van der Waals surface area contributed by atoms with Crippen molar-refractivity contribution in [2.45, 2.75) is 11.8 Å². The number of carboxylic acids is 1. The highest BCUT2D eigenvalue weighted by Crippen LogP contribution is 2.39. The van der Waals surface area contributed by atoms with Gasteiger partial charge in [0.2, 0.25) is 0 Å². The first-order valence-electron chi connectivity index (χ1n) is 5.72. The number of thioether (sulfide) groups is 1. The minimum absolute atomic E-state index is 0.349. The third kappa shape index (κ3) is 3.68. The van der Waals surface area contributed by atoms with Crippen molar-refractivity contribution in [1.82, 2.24) is 0 Å². The van der Waals surface area contributed by atoms with Gasteiger partial charge in [0.1, 0.15) is 19.3 Å². The van der Waals surface area contributed by atoms with Gasteiger partial charge in [0.05, 0.1) is 5.02 Å². The van der Waals surface area contributed by atoms with Gasteiger partial charge in [-0.3, -0.25) is 4.79 Å². The van der Waals surface area contributed by atoms with Crippen molar-refractivity contribution >= 4 is 29.3 Å². The highest BCUT2D eigenvalue weighted by atomic mass is 35.5. The molecule has 0 bridgehead atoms. The molecule has 19 heavy (non-hydrogen) atoms. The largest absolute Gasteiger partial charge is 0.486 e. The first kappa shape index (κ1) is 14.3. The topological polar surface area (TPSA) is 81.8 Å². The third-order valence-electron chi connectivity index (χ3n) is 2.54. The number of hydrogen-bond acceptors (Lipinski definition) is 5. The lowest BCUT2D eigenvalue weighted by Gasteiger charge is -2.20. The Labute approximate surface area is 120 Å². The molecule has 1 aliphatic rings. The van der Waals surface area contributed by atoms with E-state index in [-0.39, 0.29) is 0 Å². The van der Waals surface area contributed by atoms with E-state index in [1.54, 1.807) is 6.07 Å². The number of nitrogens with two attached hydrogens (primary N) is 1. The summed E-state index contributed by atoms with van der Waals surface area (Å²) in [5.74, 6) is 1.19. The zero-order valence-electron chi connectivity index (χ0n) is 10.1. The maximum atomic E-state index is 10.6. The van der Waals surface area contributed by atoms with Gasteiger partial charge in [-0.2, -0.15) is 11.8 Å². The molecule has 1 atom stereocenters. The van der Waals surface area contributed by atoms with E-state index in [9.17, 15) is 4.79 Å². The molecule has 7 heteroatoms. The maximum Gasteiger partial charge on any atom is 0.321 e. The lowest BCUT2D eigenvalue weighted by atomic mass is 10.2. The van der Waals surface area contributed by atoms with E-state index in [0.717, 1.165) is 5.56 Å². The van der Waals surface area contributed by atoms with Crippen LogP contribution in [0.2, 0.25) is 5.02 Å². The Morgan fingerprint density at radius 2 is 2.21 bits per heavy atom. The van der Waals surface area contributed by atoms with Crippen LogP contribution in [0.3, 0.4) is 0 Å². The molecule has 0 spiro atoms. The molecule has 0 radical (unpaired) electrons. The number of carboxylic acid groups (broad SMARTS) is 1. The fraction of sp³-hybridized carbons (Fsp3) is 0.417. The van der Waals surface area contributed by atoms with E-state index in [4.69, 9.17) is 31.9 Å². The van der Waals surface area contributed by atoms with Gasteiger partial charge in [0.15, 0.2) is 11.5 Å². The molecule has 5 nitrogen and oxygen atoms in total. The fourth-order valence-corrected chi connectivity index (χ4v) is 2.83. The normalized spacial score (nSPS) is 15.1. The van der Waals surface area contributed by atoms with E-state index in [1.165, 1.54) is 11.8 Å². The van der Waals surface area contributed by atoms with E-state index >= 15 is 0 Å². The Hall–Kier alpha value is -1.11. The summed E-state index contributed by atoms with van der Waals surface area (Å²) < 4.78 is 10.9. The molecule has 0 aromatic heterocycles. The molecular weight excluding hydrogens is 290 g/mol. The second-order valence-corrected chi connectivity index (χ2v) is 5.50. The molecule has 0 saturated carbocycles. The van der Waals surface area contributed by atoms with E-state index in [1.807, 2.05) is 6.07 Å². The number of ether oxygens (including phenoxy) is 2. The molecule has 2 rings (SSSR count). The lowest BCUT2D eigenvalue weighted by Crippen LogP contribution is -2.32. The summed E-state index contributed by atoms with van der Waals surface area (Å²) in [6.45, 7) is 0.998. The number of rotatable bonds is 5. The zero-order valence-corrected chi connectivity index (χ0v) is 11.7. The van der Waals surface area contributed by atoms with Crippen LogP contribution in [0.15, 0.2) is 12.1 Å². The Kier molecular flexibility index (Phi) is 4.79. The lowest BCUT2D eigenvalue weighted by molar-refractivity contribution is -0.137. The van der Waals surface area contributed by atoms with Crippen LogP contribution in [0, 0.1) is 0 Å². The SMILES string of the molecule is N[C@@H](CSCc1cc(Cl)c2c(c1)OCCO2)C(=O)O. The first-order valence-corrected chi connectivity index (χ1v) is 7.25. The van der Waals surface area contributed by atoms with Crippen molar-refractivity contribution in [3.63, 3.8) is 0 Å². The van der Waals surface area contributed by atoms with Crippen LogP contribution in [0.25, 0.3) is 0 Å². The molecule has 1 aromatic carbocycles. The first-order chi connectivity index (χ1) is 9.08. The minimum Gasteiger partial charge on any atom is -0.486 e. The van der Waals surface area contributed by atoms with Crippen LogP contribution >= 0.6 is 23.4 Å². The van der Waals surface area contributed by atoms with Crippen molar-refractivity contribution in [1.29, 1.82) is 0 Å². The van der Waals surface area contributed by atoms with Crippen LogP contribution in [-0.2, 0) is 10.5 Å². The molecule has 0 fully saturated rings. The van der Waals surface area contributed by atoms with E-state index in [2.05, 4.69) is 0 Å². The standard InChI is InChI=1S/C12H14ClNO4S/c13-8-3-7(5-19-6-9(14)12(15)16)4-10-11(8)18-2-1-17-10/h3-4,9H,1-2,5-6,14H2,(H,15,16)/t9-/m0/s1. The molecule has 0 unspecified atom stereocenters. The molecule has 1 aliphatic heterocycles. The second-order valence-electron chi connectivity index (χ2n) is 4.06. The van der Waals surface area contributed by atoms with Gasteiger partial charge in [-0.1, -0.05) is 11.6 Å². The van der Waals surface area contributed by atoms with E-state index in [0.29, 0.717) is 41.2 Å². The summed E-state index contributed by atoms with van der Waals surface area (Å²) in [5, 5.41) is 9.19. The van der Waals surface area contributed by atoms with E-state index < -0.39 is 12.0 Å². The molecular formula is C12H14ClNO4S. The third-order valence-corrected chi connectivity index (χ3v) is 3.95. The van der Waals surface area contributed by atoms with Crippen LogP contribution in [0.1, 0.15) is 5.56 Å². The number of carbonyl (C=O) groups is 1. The molecule has 1 heterocycles. The predicted octanol–water partition coefficient (Wildman–Crippen LogP) is 1.76. The summed E-state index contributed by atoms with van der Waals surface area (Å²) in [7, 11) is 0. The summed E-state index contributed by atoms with van der Waals surface area (Å²) in [5.41, 5.74) is 6.39. The molecule has 3 N–H and O–H groups in total. The minimum atomic E-state index is -0.993. The van der Waals surface area contributed by atoms with Gasteiger partial charge in [0.25, 0.3) is 0 Å². The van der Waals surface area contributed by atoms with Gasteiger partial charge < -0.3 is 20.3 Å². The monoisotopic (exact) mass is 303 g/mol. The summed E-state index contributed by atoms with van der Waals surface area (Å²) in [4.78, 5) is 10.6. The highest BCUT2D eigenvalue weighted by molar-refractivity contribution is 7.98. The summed E-state index contributed by atoms with van der Waals surface area (Å²) >= 11 is 7.55. The number of aliphatic carboxylic acids is 1. The smallest absolute Gasteiger partial charge is 0.321 e. The fourth-order valence-electron chi connectivity index (χ4n) is 1.62. The Bertz CT molecular complexity index is 483. The van der Waals surface area contributed by atoms with Crippen molar-refractivity contribution in [2.75, 3.05) is 19.0 Å². The number of hydrogen-bond donors (Lipinski definition) is 2. The zero-order chi connectivity index (χ0) is 13.8. The molecule has 104 valence electrons. The summed E-state index contributed by atoms with van der Waals surface area (Å²) in [6, 6.07) is 2.81. The van der Waals surface area contributed by atoms with Crippen molar-refractivity contribution in [3.05, 3.63) is 22.7 Å². The predicted molar refractivity (Wildman–Crippen MR) is 74.2 cm³/mol. The van der Waals surface area contributed by atoms with Gasteiger partial charge in [0, 0.05) is 11.5 Å². The van der Waals surface area contributed by atoms with Crippen molar-refractivity contribution in [3.8, 4) is 11.5 Å². The van der Waals surface area contributed by atoms with Crippen molar-refractivity contribution < 1.29 is 19.4 Å². The molecule has 0 amide bonds. The average Bonchev–Trinajstić information content (AvgIpc) is 2.38. The summed E-state index contributed by atoms with van der Waals surface area (Å²) in [6.07, 6.45) is 0. The highest BCUT2D eigenvalue weighted by Gasteiger charge is 2.17. The molecule has 0 saturated heterocycles. The van der Waals surface area contributed by atoms with Crippen LogP contribution < -0.4 is 15.2 Å². The van der Waals surface area contributed by atoms with Gasteiger partial charge in [-0.05, 0) is 17.7 Å².